The lowest BCUT2D eigenvalue weighted by atomic mass is 10.3. The summed E-state index contributed by atoms with van der Waals surface area (Å²) in [4.78, 5) is 0. The van der Waals surface area contributed by atoms with Gasteiger partial charge in [0, 0.05) is 5.69 Å². The first-order valence-electron chi connectivity index (χ1n) is 5.66. The van der Waals surface area contributed by atoms with Crippen molar-refractivity contribution in [1.29, 1.82) is 0 Å². The van der Waals surface area contributed by atoms with Crippen molar-refractivity contribution in [2.24, 2.45) is 0 Å². The Balaban J connectivity index is 1.92. The normalized spacial score (nSPS) is 10.9. The molecule has 0 heterocycles. The van der Waals surface area contributed by atoms with Crippen LogP contribution < -0.4 is 21.3 Å². The first-order valence-corrected chi connectivity index (χ1v) is 5.66. The Labute approximate surface area is 113 Å². The minimum absolute atomic E-state index is 0.268. The largest absolute Gasteiger partial charge is 0.573 e. The van der Waals surface area contributed by atoms with Crippen molar-refractivity contribution in [3.8, 4) is 5.75 Å². The van der Waals surface area contributed by atoms with E-state index in [9.17, 15) is 13.2 Å². The number of halogens is 3. The SMILES string of the molecule is Nc1ccc(NNc2ccc(OC(F)(F)F)cc2)cc1. The molecule has 7 heteroatoms. The van der Waals surface area contributed by atoms with E-state index in [1.54, 1.807) is 24.3 Å². The van der Waals surface area contributed by atoms with E-state index in [0.29, 0.717) is 11.4 Å². The molecule has 0 saturated carbocycles. The van der Waals surface area contributed by atoms with Crippen LogP contribution in [0, 0.1) is 0 Å². The van der Waals surface area contributed by atoms with Crippen LogP contribution in [0.4, 0.5) is 30.2 Å². The highest BCUT2D eigenvalue weighted by atomic mass is 19.4. The maximum Gasteiger partial charge on any atom is 0.573 e. The smallest absolute Gasteiger partial charge is 0.406 e. The molecular formula is C13H12F3N3O. The molecule has 0 unspecified atom stereocenters. The summed E-state index contributed by atoms with van der Waals surface area (Å²) in [5.74, 6) is -0.268. The van der Waals surface area contributed by atoms with Crippen molar-refractivity contribution in [1.82, 2.24) is 0 Å². The molecule has 0 aliphatic heterocycles. The van der Waals surface area contributed by atoms with E-state index in [-0.39, 0.29) is 5.75 Å². The highest BCUT2D eigenvalue weighted by molar-refractivity contribution is 5.56. The number of hydrogen-bond acceptors (Lipinski definition) is 4. The average Bonchev–Trinajstić information content (AvgIpc) is 2.38. The van der Waals surface area contributed by atoms with E-state index in [4.69, 9.17) is 5.73 Å². The zero-order valence-electron chi connectivity index (χ0n) is 10.2. The molecule has 0 bridgehead atoms. The predicted octanol–water partition coefficient (Wildman–Crippen LogP) is 3.61. The van der Waals surface area contributed by atoms with Crippen LogP contribution in [0.2, 0.25) is 0 Å². The predicted molar refractivity (Wildman–Crippen MR) is 71.2 cm³/mol. The van der Waals surface area contributed by atoms with Crippen molar-refractivity contribution in [2.45, 2.75) is 6.36 Å². The van der Waals surface area contributed by atoms with E-state index >= 15 is 0 Å². The zero-order valence-corrected chi connectivity index (χ0v) is 10.2. The minimum atomic E-state index is -4.68. The average molecular weight is 283 g/mol. The molecule has 2 rings (SSSR count). The third-order valence-electron chi connectivity index (χ3n) is 2.35. The molecule has 20 heavy (non-hydrogen) atoms. The Morgan fingerprint density at radius 2 is 1.25 bits per heavy atom. The van der Waals surface area contributed by atoms with E-state index in [2.05, 4.69) is 15.6 Å². The van der Waals surface area contributed by atoms with Crippen molar-refractivity contribution in [3.63, 3.8) is 0 Å². The van der Waals surface area contributed by atoms with Gasteiger partial charge in [0.25, 0.3) is 0 Å². The van der Waals surface area contributed by atoms with E-state index in [1.807, 2.05) is 0 Å². The molecule has 0 atom stereocenters. The van der Waals surface area contributed by atoms with Crippen LogP contribution in [0.15, 0.2) is 48.5 Å². The maximum absolute atomic E-state index is 12.0. The van der Waals surface area contributed by atoms with Crippen LogP contribution in [0.5, 0.6) is 5.75 Å². The number of nitrogens with two attached hydrogens (primary N) is 1. The number of rotatable bonds is 4. The molecular weight excluding hydrogens is 271 g/mol. The lowest BCUT2D eigenvalue weighted by Crippen LogP contribution is -2.17. The van der Waals surface area contributed by atoms with Crippen molar-refractivity contribution in [2.75, 3.05) is 16.6 Å². The Morgan fingerprint density at radius 3 is 1.70 bits per heavy atom. The Kier molecular flexibility index (Phi) is 3.88. The summed E-state index contributed by atoms with van der Waals surface area (Å²) in [6.45, 7) is 0. The van der Waals surface area contributed by atoms with Crippen LogP contribution in [-0.4, -0.2) is 6.36 Å². The van der Waals surface area contributed by atoms with Gasteiger partial charge in [-0.2, -0.15) is 0 Å². The van der Waals surface area contributed by atoms with Gasteiger partial charge in [0.05, 0.1) is 11.4 Å². The van der Waals surface area contributed by atoms with E-state index in [1.165, 1.54) is 24.3 Å². The van der Waals surface area contributed by atoms with Crippen LogP contribution >= 0.6 is 0 Å². The van der Waals surface area contributed by atoms with Gasteiger partial charge in [0.2, 0.25) is 0 Å². The van der Waals surface area contributed by atoms with Gasteiger partial charge in [-0.15, -0.1) is 13.2 Å². The number of anilines is 3. The lowest BCUT2D eigenvalue weighted by molar-refractivity contribution is -0.274. The van der Waals surface area contributed by atoms with Gasteiger partial charge < -0.3 is 21.3 Å². The summed E-state index contributed by atoms with van der Waals surface area (Å²) in [5, 5.41) is 0. The second-order valence-corrected chi connectivity index (χ2v) is 3.94. The first-order chi connectivity index (χ1) is 9.42. The monoisotopic (exact) mass is 283 g/mol. The quantitative estimate of drug-likeness (QED) is 0.592. The van der Waals surface area contributed by atoms with Gasteiger partial charge in [-0.05, 0) is 48.5 Å². The van der Waals surface area contributed by atoms with Crippen molar-refractivity contribution < 1.29 is 17.9 Å². The van der Waals surface area contributed by atoms with Gasteiger partial charge in [0.15, 0.2) is 0 Å². The molecule has 0 amide bonds. The number of benzene rings is 2. The van der Waals surface area contributed by atoms with Gasteiger partial charge in [0.1, 0.15) is 5.75 Å². The maximum atomic E-state index is 12.0. The van der Waals surface area contributed by atoms with Crippen LogP contribution in [0.1, 0.15) is 0 Å². The Hall–Kier alpha value is -2.57. The number of hydrogen-bond donors (Lipinski definition) is 3. The molecule has 2 aromatic carbocycles. The number of ether oxygens (including phenoxy) is 1. The summed E-state index contributed by atoms with van der Waals surface area (Å²) in [5.41, 5.74) is 13.3. The second-order valence-electron chi connectivity index (χ2n) is 3.94. The number of hydrazine groups is 1. The minimum Gasteiger partial charge on any atom is -0.406 e. The summed E-state index contributed by atoms with van der Waals surface area (Å²) >= 11 is 0. The van der Waals surface area contributed by atoms with E-state index < -0.39 is 6.36 Å². The molecule has 4 N–H and O–H groups in total. The van der Waals surface area contributed by atoms with Crippen molar-refractivity contribution in [3.05, 3.63) is 48.5 Å². The molecule has 2 aromatic rings. The molecule has 0 aliphatic rings. The molecule has 0 spiro atoms. The highest BCUT2D eigenvalue weighted by Crippen LogP contribution is 2.24. The fraction of sp³-hybridized carbons (Fsp3) is 0.0769. The molecule has 0 radical (unpaired) electrons. The fourth-order valence-electron chi connectivity index (χ4n) is 1.45. The lowest BCUT2D eigenvalue weighted by Gasteiger charge is -2.12. The van der Waals surface area contributed by atoms with Gasteiger partial charge in [-0.1, -0.05) is 0 Å². The third kappa shape index (κ3) is 4.27. The number of alkyl halides is 3. The summed E-state index contributed by atoms with van der Waals surface area (Å²) in [6.07, 6.45) is -4.68. The van der Waals surface area contributed by atoms with Gasteiger partial charge in [-0.3, -0.25) is 0 Å². The van der Waals surface area contributed by atoms with E-state index in [0.717, 1.165) is 5.69 Å². The summed E-state index contributed by atoms with van der Waals surface area (Å²) in [7, 11) is 0. The molecule has 4 nitrogen and oxygen atoms in total. The zero-order chi connectivity index (χ0) is 14.6. The molecule has 0 aliphatic carbocycles. The standard InChI is InChI=1S/C13H12F3N3O/c14-13(15,16)20-12-7-5-11(6-8-12)19-18-10-3-1-9(17)2-4-10/h1-8,18-19H,17H2. The van der Waals surface area contributed by atoms with Crippen LogP contribution in [0.25, 0.3) is 0 Å². The van der Waals surface area contributed by atoms with Gasteiger partial charge >= 0.3 is 6.36 Å². The molecule has 0 saturated heterocycles. The summed E-state index contributed by atoms with van der Waals surface area (Å²) in [6, 6.07) is 12.4. The van der Waals surface area contributed by atoms with Crippen molar-refractivity contribution >= 4 is 17.1 Å². The molecule has 0 fully saturated rings. The first kappa shape index (κ1) is 13.9. The highest BCUT2D eigenvalue weighted by Gasteiger charge is 2.30. The topological polar surface area (TPSA) is 59.3 Å². The molecule has 0 aromatic heterocycles. The Bertz CT molecular complexity index is 553. The summed E-state index contributed by atoms with van der Waals surface area (Å²) < 4.78 is 39.7. The van der Waals surface area contributed by atoms with Crippen LogP contribution in [-0.2, 0) is 0 Å². The fourth-order valence-corrected chi connectivity index (χ4v) is 1.45. The number of nitrogen functional groups attached to an aromatic ring is 1. The molecule has 106 valence electrons. The Morgan fingerprint density at radius 1 is 0.800 bits per heavy atom. The number of nitrogens with one attached hydrogen (secondary N) is 2. The van der Waals surface area contributed by atoms with Gasteiger partial charge in [-0.25, -0.2) is 0 Å². The second kappa shape index (κ2) is 5.60. The third-order valence-corrected chi connectivity index (χ3v) is 2.35. The van der Waals surface area contributed by atoms with Crippen LogP contribution in [0.3, 0.4) is 0 Å².